The minimum absolute atomic E-state index is 0.00465. The Morgan fingerprint density at radius 3 is 2.38 bits per heavy atom. The first-order valence-electron chi connectivity index (χ1n) is 8.69. The van der Waals surface area contributed by atoms with Gasteiger partial charge in [0.25, 0.3) is 0 Å². The fourth-order valence-electron chi connectivity index (χ4n) is 4.05. The van der Waals surface area contributed by atoms with Crippen molar-refractivity contribution in [2.24, 2.45) is 0 Å². The molecule has 3 fully saturated rings. The Balaban J connectivity index is 1.70. The molecule has 3 aliphatic heterocycles. The van der Waals surface area contributed by atoms with Crippen molar-refractivity contribution < 1.29 is 19.4 Å². The summed E-state index contributed by atoms with van der Waals surface area (Å²) >= 11 is 0. The van der Waals surface area contributed by atoms with Crippen LogP contribution in [0.25, 0.3) is 0 Å². The Morgan fingerprint density at radius 2 is 1.75 bits per heavy atom. The molecule has 0 aromatic rings. The molecule has 136 valence electrons. The number of aliphatic hydroxyl groups excluding tert-OH is 1. The number of hydrogen-bond acceptors (Lipinski definition) is 5. The van der Waals surface area contributed by atoms with Crippen LogP contribution in [-0.4, -0.2) is 114 Å². The molecule has 0 unspecified atom stereocenters. The molecule has 0 spiro atoms. The molecule has 0 aromatic carbocycles. The van der Waals surface area contributed by atoms with Crippen LogP contribution in [-0.2, 0) is 9.53 Å². The number of carbonyl (C=O) groups excluding carboxylic acids is 2. The number of piperazine rings is 2. The lowest BCUT2D eigenvalue weighted by molar-refractivity contribution is -0.142. The fraction of sp³-hybridized carbons (Fsp3) is 0.875. The third-order valence-electron chi connectivity index (χ3n) is 5.48. The van der Waals surface area contributed by atoms with Crippen molar-refractivity contribution in [3.05, 3.63) is 0 Å². The van der Waals surface area contributed by atoms with Gasteiger partial charge in [-0.15, -0.1) is 0 Å². The highest BCUT2D eigenvalue weighted by atomic mass is 16.5. The van der Waals surface area contributed by atoms with Gasteiger partial charge in [0, 0.05) is 58.8 Å². The monoisotopic (exact) mass is 340 g/mol. The normalized spacial score (nSPS) is 31.8. The summed E-state index contributed by atoms with van der Waals surface area (Å²) in [5, 5.41) is 9.89. The highest BCUT2D eigenvalue weighted by Crippen LogP contribution is 2.28. The van der Waals surface area contributed by atoms with Gasteiger partial charge in [-0.1, -0.05) is 0 Å². The number of fused-ring (bicyclic) bond motifs is 1. The van der Waals surface area contributed by atoms with Crippen LogP contribution in [0.3, 0.4) is 0 Å². The summed E-state index contributed by atoms with van der Waals surface area (Å²) in [4.78, 5) is 32.4. The molecule has 8 heteroatoms. The number of ether oxygens (including phenoxy) is 1. The molecule has 0 saturated carbocycles. The molecular formula is C16H28N4O4. The van der Waals surface area contributed by atoms with E-state index >= 15 is 0 Å². The van der Waals surface area contributed by atoms with Crippen molar-refractivity contribution in [3.8, 4) is 0 Å². The number of carbonyl (C=O) groups is 2. The van der Waals surface area contributed by atoms with E-state index in [9.17, 15) is 14.7 Å². The lowest BCUT2D eigenvalue weighted by Gasteiger charge is -2.56. The Bertz CT molecular complexity index is 496. The summed E-state index contributed by atoms with van der Waals surface area (Å²) < 4.78 is 5.31. The summed E-state index contributed by atoms with van der Waals surface area (Å²) in [7, 11) is 0. The minimum atomic E-state index is -0.442. The van der Waals surface area contributed by atoms with Gasteiger partial charge in [0.05, 0.1) is 25.4 Å². The lowest BCUT2D eigenvalue weighted by Crippen LogP contribution is -2.73. The summed E-state index contributed by atoms with van der Waals surface area (Å²) in [5.41, 5.74) is -0.442. The summed E-state index contributed by atoms with van der Waals surface area (Å²) in [6.07, 6.45) is 0. The molecule has 1 N–H and O–H groups in total. The maximum absolute atomic E-state index is 12.7. The van der Waals surface area contributed by atoms with E-state index < -0.39 is 5.54 Å². The summed E-state index contributed by atoms with van der Waals surface area (Å²) in [5.74, 6) is 0.0194. The van der Waals surface area contributed by atoms with Crippen molar-refractivity contribution in [1.82, 2.24) is 19.6 Å². The summed E-state index contributed by atoms with van der Waals surface area (Å²) in [6, 6.07) is 0.127. The van der Waals surface area contributed by atoms with Crippen LogP contribution in [0.1, 0.15) is 13.8 Å². The minimum Gasteiger partial charge on any atom is -0.394 e. The van der Waals surface area contributed by atoms with E-state index in [0.29, 0.717) is 52.5 Å². The third kappa shape index (κ3) is 3.22. The Labute approximate surface area is 142 Å². The molecule has 3 aliphatic rings. The molecule has 0 bridgehead atoms. The zero-order chi connectivity index (χ0) is 17.3. The highest BCUT2D eigenvalue weighted by Gasteiger charge is 2.46. The maximum atomic E-state index is 12.7. The standard InChI is InChI=1S/C16H28N4O4/c1-13(22)19-10-14-9-18(15(23)17-5-7-24-8-6-17)3-4-20(14)16(2,11-19)12-21/h14,21H,3-12H2,1-2H3/t14-,16-/m0/s1. The number of hydrogen-bond donors (Lipinski definition) is 1. The fourth-order valence-corrected chi connectivity index (χ4v) is 4.05. The van der Waals surface area contributed by atoms with E-state index in [4.69, 9.17) is 4.74 Å². The maximum Gasteiger partial charge on any atom is 0.320 e. The van der Waals surface area contributed by atoms with Gasteiger partial charge in [0.15, 0.2) is 0 Å². The summed E-state index contributed by atoms with van der Waals surface area (Å²) in [6.45, 7) is 9.14. The molecule has 3 heterocycles. The smallest absolute Gasteiger partial charge is 0.320 e. The second kappa shape index (κ2) is 6.85. The highest BCUT2D eigenvalue weighted by molar-refractivity contribution is 5.75. The van der Waals surface area contributed by atoms with Gasteiger partial charge in [-0.05, 0) is 6.92 Å². The SMILES string of the molecule is CC(=O)N1C[C@@H]2CN(C(=O)N3CCOCC3)CCN2[C@](C)(CO)C1. The van der Waals surface area contributed by atoms with E-state index in [0.717, 1.165) is 6.54 Å². The van der Waals surface area contributed by atoms with Crippen LogP contribution in [0.5, 0.6) is 0 Å². The first kappa shape index (κ1) is 17.4. The van der Waals surface area contributed by atoms with Gasteiger partial charge < -0.3 is 24.5 Å². The van der Waals surface area contributed by atoms with E-state index in [1.54, 1.807) is 11.8 Å². The zero-order valence-corrected chi connectivity index (χ0v) is 14.6. The van der Waals surface area contributed by atoms with E-state index in [1.807, 2.05) is 16.7 Å². The average Bonchev–Trinajstić information content (AvgIpc) is 2.61. The van der Waals surface area contributed by atoms with Crippen LogP contribution in [0.4, 0.5) is 4.79 Å². The van der Waals surface area contributed by atoms with Crippen LogP contribution in [0, 0.1) is 0 Å². The quantitative estimate of drug-likeness (QED) is 0.665. The van der Waals surface area contributed by atoms with Crippen molar-refractivity contribution >= 4 is 11.9 Å². The topological polar surface area (TPSA) is 76.6 Å². The number of urea groups is 1. The van der Waals surface area contributed by atoms with Crippen molar-refractivity contribution in [2.75, 3.05) is 65.6 Å². The van der Waals surface area contributed by atoms with Crippen LogP contribution >= 0.6 is 0 Å². The number of nitrogens with zero attached hydrogens (tertiary/aromatic N) is 4. The average molecular weight is 340 g/mol. The number of rotatable bonds is 1. The molecule has 3 amide bonds. The van der Waals surface area contributed by atoms with Gasteiger partial charge >= 0.3 is 6.03 Å². The van der Waals surface area contributed by atoms with Crippen LogP contribution < -0.4 is 0 Å². The van der Waals surface area contributed by atoms with Crippen LogP contribution in [0.15, 0.2) is 0 Å². The van der Waals surface area contributed by atoms with Crippen LogP contribution in [0.2, 0.25) is 0 Å². The van der Waals surface area contributed by atoms with Gasteiger partial charge in [0.1, 0.15) is 0 Å². The molecule has 0 aromatic heterocycles. The van der Waals surface area contributed by atoms with Gasteiger partial charge in [-0.3, -0.25) is 9.69 Å². The van der Waals surface area contributed by atoms with Crippen molar-refractivity contribution in [3.63, 3.8) is 0 Å². The van der Waals surface area contributed by atoms with Gasteiger partial charge in [-0.2, -0.15) is 0 Å². The molecule has 3 rings (SSSR count). The zero-order valence-electron chi connectivity index (χ0n) is 14.6. The largest absolute Gasteiger partial charge is 0.394 e. The number of aliphatic hydroxyl groups is 1. The van der Waals surface area contributed by atoms with Crippen molar-refractivity contribution in [1.29, 1.82) is 0 Å². The first-order valence-corrected chi connectivity index (χ1v) is 8.69. The molecule has 3 saturated heterocycles. The predicted octanol–water partition coefficient (Wildman–Crippen LogP) is -0.962. The second-order valence-corrected chi connectivity index (χ2v) is 7.23. The van der Waals surface area contributed by atoms with Crippen molar-refractivity contribution in [2.45, 2.75) is 25.4 Å². The molecule has 24 heavy (non-hydrogen) atoms. The number of amides is 3. The Hall–Kier alpha value is -1.38. The molecular weight excluding hydrogens is 312 g/mol. The Kier molecular flexibility index (Phi) is 4.98. The molecule has 0 aliphatic carbocycles. The van der Waals surface area contributed by atoms with Gasteiger partial charge in [-0.25, -0.2) is 4.79 Å². The van der Waals surface area contributed by atoms with E-state index in [-0.39, 0.29) is 24.6 Å². The lowest BCUT2D eigenvalue weighted by atomic mass is 9.91. The molecule has 2 atom stereocenters. The number of morpholine rings is 1. The van der Waals surface area contributed by atoms with E-state index in [1.165, 1.54) is 0 Å². The Morgan fingerprint density at radius 1 is 1.08 bits per heavy atom. The molecule has 0 radical (unpaired) electrons. The second-order valence-electron chi connectivity index (χ2n) is 7.23. The predicted molar refractivity (Wildman–Crippen MR) is 87.6 cm³/mol. The third-order valence-corrected chi connectivity index (χ3v) is 5.48. The molecule has 8 nitrogen and oxygen atoms in total. The van der Waals surface area contributed by atoms with E-state index in [2.05, 4.69) is 4.90 Å². The van der Waals surface area contributed by atoms with Gasteiger partial charge in [0.2, 0.25) is 5.91 Å². The first-order chi connectivity index (χ1) is 11.4.